The Labute approximate surface area is 42.8 Å². The zero-order valence-corrected chi connectivity index (χ0v) is 4.18. The summed E-state index contributed by atoms with van der Waals surface area (Å²) in [6, 6.07) is 0. The van der Waals surface area contributed by atoms with Gasteiger partial charge in [-0.25, -0.2) is 0 Å². The molecule has 0 unspecified atom stereocenters. The first-order valence-electron chi connectivity index (χ1n) is 1.87. The van der Waals surface area contributed by atoms with Gasteiger partial charge in [0.25, 0.3) is 0 Å². The van der Waals surface area contributed by atoms with Crippen LogP contribution in [0.25, 0.3) is 0 Å². The Balaban J connectivity index is 3.80. The van der Waals surface area contributed by atoms with Crippen LogP contribution in [0.3, 0.4) is 0 Å². The van der Waals surface area contributed by atoms with Crippen LogP contribution in [0.15, 0.2) is 17.6 Å². The van der Waals surface area contributed by atoms with Crippen LogP contribution < -0.4 is 0 Å². The molecule has 0 saturated carbocycles. The van der Waals surface area contributed by atoms with Gasteiger partial charge in [0.05, 0.1) is 0 Å². The Bertz CT molecular complexity index is 128. The summed E-state index contributed by atoms with van der Waals surface area (Å²) in [5, 5.41) is 7.88. The minimum Gasteiger partial charge on any atom is -0.179 e. The maximum atomic E-state index is 7.88. The third-order valence-corrected chi connectivity index (χ3v) is 0.522. The molecule has 0 rings (SSSR count). The summed E-state index contributed by atoms with van der Waals surface area (Å²) >= 11 is 0. The van der Waals surface area contributed by atoms with Gasteiger partial charge in [0.15, 0.2) is 0 Å². The van der Waals surface area contributed by atoms with Gasteiger partial charge in [-0.2, -0.15) is 10.3 Å². The fourth-order valence-electron chi connectivity index (χ4n) is 0.125. The molecule has 2 nitrogen and oxygen atoms in total. The quantitative estimate of drug-likeness (QED) is 0.354. The summed E-state index contributed by atoms with van der Waals surface area (Å²) < 4.78 is 0. The lowest BCUT2D eigenvalue weighted by atomic mass is 10.4. The van der Waals surface area contributed by atoms with Crippen LogP contribution in [0, 0.1) is 11.5 Å². The predicted octanol–water partition coefficient (Wildman–Crippen LogP) is 1.11. The second-order valence-corrected chi connectivity index (χ2v) is 1.06. The summed E-state index contributed by atoms with van der Waals surface area (Å²) in [5.74, 6) is 0. The number of rotatable bonds is 1. The molecule has 0 aromatic rings. The van der Waals surface area contributed by atoms with Crippen LogP contribution in [0.1, 0.15) is 6.92 Å². The molecule has 0 atom stereocenters. The molecule has 0 aliphatic heterocycles. The molecule has 0 amide bonds. The summed E-state index contributed by atoms with van der Waals surface area (Å²) in [6.07, 6.45) is 3.17. The van der Waals surface area contributed by atoms with E-state index in [0.29, 0.717) is 5.71 Å². The third-order valence-electron chi connectivity index (χ3n) is 0.522. The third kappa shape index (κ3) is 2.71. The first-order chi connectivity index (χ1) is 3.31. The second kappa shape index (κ2) is 3.10. The molecular formula is C5H6N2. The van der Waals surface area contributed by atoms with Gasteiger partial charge < -0.3 is 0 Å². The lowest BCUT2D eigenvalue weighted by Gasteiger charge is -1.75. The summed E-state index contributed by atoms with van der Waals surface area (Å²) in [6.45, 7) is 5.12. The molecular weight excluding hydrogens is 88.1 g/mol. The van der Waals surface area contributed by atoms with Crippen LogP contribution in [-0.2, 0) is 0 Å². The zero-order chi connectivity index (χ0) is 5.70. The van der Waals surface area contributed by atoms with Gasteiger partial charge in [0, 0.05) is 5.71 Å². The van der Waals surface area contributed by atoms with Crippen LogP contribution in [0.2, 0.25) is 0 Å². The predicted molar refractivity (Wildman–Crippen MR) is 28.9 cm³/mol. The molecule has 0 N–H and O–H groups in total. The fourth-order valence-corrected chi connectivity index (χ4v) is 0.125. The van der Waals surface area contributed by atoms with E-state index in [1.165, 1.54) is 6.08 Å². The highest BCUT2D eigenvalue weighted by atomic mass is 14.7. The Morgan fingerprint density at radius 1 is 2.00 bits per heavy atom. The van der Waals surface area contributed by atoms with Crippen molar-refractivity contribution >= 4 is 5.71 Å². The minimum atomic E-state index is 0.655. The average molecular weight is 94.1 g/mol. The van der Waals surface area contributed by atoms with Crippen molar-refractivity contribution < 1.29 is 0 Å². The van der Waals surface area contributed by atoms with Crippen molar-refractivity contribution in [3.8, 4) is 6.19 Å². The van der Waals surface area contributed by atoms with Crippen molar-refractivity contribution in [3.05, 3.63) is 12.7 Å². The monoisotopic (exact) mass is 94.1 g/mol. The van der Waals surface area contributed by atoms with Crippen molar-refractivity contribution in [3.63, 3.8) is 0 Å². The molecule has 0 aliphatic rings. The van der Waals surface area contributed by atoms with Crippen molar-refractivity contribution in [2.45, 2.75) is 6.92 Å². The molecule has 0 spiro atoms. The van der Waals surface area contributed by atoms with Crippen LogP contribution >= 0.6 is 0 Å². The van der Waals surface area contributed by atoms with E-state index in [0.717, 1.165) is 0 Å². The molecule has 36 valence electrons. The van der Waals surface area contributed by atoms with Gasteiger partial charge in [0.2, 0.25) is 6.19 Å². The van der Waals surface area contributed by atoms with E-state index in [2.05, 4.69) is 11.6 Å². The first kappa shape index (κ1) is 5.90. The SMILES string of the molecule is C=C/C(C)=N\C#N. The van der Waals surface area contributed by atoms with Crippen LogP contribution in [-0.4, -0.2) is 5.71 Å². The number of nitrogens with zero attached hydrogens (tertiary/aromatic N) is 2. The van der Waals surface area contributed by atoms with Crippen LogP contribution in [0.5, 0.6) is 0 Å². The molecule has 0 bridgehead atoms. The maximum Gasteiger partial charge on any atom is 0.205 e. The van der Waals surface area contributed by atoms with E-state index >= 15 is 0 Å². The average Bonchev–Trinajstić information content (AvgIpc) is 1.68. The standard InChI is InChI=1S/C5H6N2/c1-3-5(2)7-4-6/h3H,1H2,2H3/b7-5-. The molecule has 7 heavy (non-hydrogen) atoms. The fraction of sp³-hybridized carbons (Fsp3) is 0.200. The van der Waals surface area contributed by atoms with Gasteiger partial charge in [-0.05, 0) is 13.0 Å². The maximum absolute atomic E-state index is 7.88. The van der Waals surface area contributed by atoms with Crippen molar-refractivity contribution in [2.24, 2.45) is 4.99 Å². The van der Waals surface area contributed by atoms with Gasteiger partial charge in [0.1, 0.15) is 0 Å². The number of hydrogen-bond acceptors (Lipinski definition) is 2. The van der Waals surface area contributed by atoms with Crippen molar-refractivity contribution in [1.29, 1.82) is 5.26 Å². The molecule has 0 aromatic carbocycles. The smallest absolute Gasteiger partial charge is 0.179 e. The molecule has 0 heterocycles. The van der Waals surface area contributed by atoms with Gasteiger partial charge >= 0.3 is 0 Å². The lowest BCUT2D eigenvalue weighted by Crippen LogP contribution is -1.77. The largest absolute Gasteiger partial charge is 0.205 e. The van der Waals surface area contributed by atoms with Crippen LogP contribution in [0.4, 0.5) is 0 Å². The van der Waals surface area contributed by atoms with E-state index in [4.69, 9.17) is 5.26 Å². The highest BCUT2D eigenvalue weighted by Crippen LogP contribution is 1.73. The normalized spacial score (nSPS) is 10.0. The van der Waals surface area contributed by atoms with E-state index in [1.807, 2.05) is 0 Å². The first-order valence-corrected chi connectivity index (χ1v) is 1.87. The Kier molecular flexibility index (Phi) is 2.62. The second-order valence-electron chi connectivity index (χ2n) is 1.06. The minimum absolute atomic E-state index is 0.655. The Morgan fingerprint density at radius 2 is 2.57 bits per heavy atom. The van der Waals surface area contributed by atoms with Gasteiger partial charge in [-0.3, -0.25) is 0 Å². The summed E-state index contributed by atoms with van der Waals surface area (Å²) in [4.78, 5) is 3.35. The van der Waals surface area contributed by atoms with E-state index in [1.54, 1.807) is 13.1 Å². The molecule has 2 heteroatoms. The highest BCUT2D eigenvalue weighted by Gasteiger charge is 1.73. The molecule has 0 radical (unpaired) electrons. The number of allylic oxidation sites excluding steroid dienone is 1. The van der Waals surface area contributed by atoms with E-state index in [9.17, 15) is 0 Å². The van der Waals surface area contributed by atoms with E-state index in [-0.39, 0.29) is 0 Å². The van der Waals surface area contributed by atoms with Gasteiger partial charge in [-0.15, -0.1) is 0 Å². The van der Waals surface area contributed by atoms with E-state index < -0.39 is 0 Å². The molecule has 0 saturated heterocycles. The molecule has 0 aromatic heterocycles. The van der Waals surface area contributed by atoms with Crippen molar-refractivity contribution in [2.75, 3.05) is 0 Å². The number of hydrogen-bond donors (Lipinski definition) is 0. The van der Waals surface area contributed by atoms with Crippen molar-refractivity contribution in [1.82, 2.24) is 0 Å². The molecule has 0 fully saturated rings. The Morgan fingerprint density at radius 3 is 2.71 bits per heavy atom. The highest BCUT2D eigenvalue weighted by molar-refractivity contribution is 5.92. The topological polar surface area (TPSA) is 36.1 Å². The summed E-state index contributed by atoms with van der Waals surface area (Å²) in [5.41, 5.74) is 0.655. The molecule has 0 aliphatic carbocycles. The Hall–Kier alpha value is -1.10. The lowest BCUT2D eigenvalue weighted by molar-refractivity contribution is 1.43. The number of aliphatic imine (C=N–C) groups is 1. The summed E-state index contributed by atoms with van der Waals surface area (Å²) in [7, 11) is 0. The van der Waals surface area contributed by atoms with Gasteiger partial charge in [-0.1, -0.05) is 6.58 Å². The number of nitriles is 1. The zero-order valence-electron chi connectivity index (χ0n) is 4.18.